The van der Waals surface area contributed by atoms with Crippen LogP contribution in [-0.4, -0.2) is 51.8 Å². The summed E-state index contributed by atoms with van der Waals surface area (Å²) in [5.74, 6) is -2.22. The van der Waals surface area contributed by atoms with Crippen molar-refractivity contribution in [2.75, 3.05) is 13.2 Å². The Kier molecular flexibility index (Phi) is 6.58. The number of carbonyl (C=O) groups excluding carboxylic acids is 2. The van der Waals surface area contributed by atoms with E-state index in [0.29, 0.717) is 42.6 Å². The van der Waals surface area contributed by atoms with E-state index in [-0.39, 0.29) is 35.4 Å². The lowest BCUT2D eigenvalue weighted by molar-refractivity contribution is -0.139. The maximum absolute atomic E-state index is 13.6. The SMILES string of the molecule is CC1(C)CC(=O)C2=C(C1)N(CCC(=O)O)C1=C(C(=O)CC(C)(C)C1)C2c1ccc(OCC(=O)O)cc1. The summed E-state index contributed by atoms with van der Waals surface area (Å²) in [4.78, 5) is 51.6. The summed E-state index contributed by atoms with van der Waals surface area (Å²) < 4.78 is 5.27. The van der Waals surface area contributed by atoms with Gasteiger partial charge in [0.05, 0.1) is 6.42 Å². The normalized spacial score (nSPS) is 21.3. The first-order valence-corrected chi connectivity index (χ1v) is 12.2. The Bertz CT molecular complexity index is 1130. The summed E-state index contributed by atoms with van der Waals surface area (Å²) in [5, 5.41) is 18.3. The number of Topliss-reactive ketones (excluding diaryl/α,β-unsaturated/α-hetero) is 2. The molecule has 0 unspecified atom stereocenters. The van der Waals surface area contributed by atoms with Gasteiger partial charge in [-0.25, -0.2) is 4.79 Å². The monoisotopic (exact) mass is 495 g/mol. The number of hydrogen-bond acceptors (Lipinski definition) is 6. The van der Waals surface area contributed by atoms with Gasteiger partial charge < -0.3 is 19.8 Å². The van der Waals surface area contributed by atoms with Crippen LogP contribution in [0.5, 0.6) is 5.75 Å². The van der Waals surface area contributed by atoms with E-state index >= 15 is 0 Å². The number of nitrogens with zero attached hydrogens (tertiary/aromatic N) is 1. The average Bonchev–Trinajstić information content (AvgIpc) is 2.74. The van der Waals surface area contributed by atoms with Crippen molar-refractivity contribution in [3.63, 3.8) is 0 Å². The van der Waals surface area contributed by atoms with E-state index in [1.165, 1.54) is 0 Å². The van der Waals surface area contributed by atoms with E-state index in [2.05, 4.69) is 0 Å². The van der Waals surface area contributed by atoms with Crippen LogP contribution in [0.2, 0.25) is 0 Å². The van der Waals surface area contributed by atoms with Crippen LogP contribution in [-0.2, 0) is 19.2 Å². The molecule has 1 aliphatic heterocycles. The molecule has 0 amide bonds. The van der Waals surface area contributed by atoms with Gasteiger partial charge in [-0.15, -0.1) is 0 Å². The first-order valence-electron chi connectivity index (χ1n) is 12.2. The highest BCUT2D eigenvalue weighted by Gasteiger charge is 2.48. The van der Waals surface area contributed by atoms with Crippen molar-refractivity contribution < 1.29 is 34.1 Å². The lowest BCUT2D eigenvalue weighted by Crippen LogP contribution is -2.45. The number of ether oxygens (including phenoxy) is 1. The molecule has 0 bridgehead atoms. The molecule has 0 fully saturated rings. The number of rotatable bonds is 7. The number of carbonyl (C=O) groups is 4. The van der Waals surface area contributed by atoms with Gasteiger partial charge in [0.1, 0.15) is 5.75 Å². The molecule has 1 aromatic rings. The fourth-order valence-corrected chi connectivity index (χ4v) is 5.76. The Balaban J connectivity index is 1.88. The predicted octanol–water partition coefficient (Wildman–Crippen LogP) is 4.31. The molecule has 1 heterocycles. The maximum Gasteiger partial charge on any atom is 0.341 e. The highest BCUT2D eigenvalue weighted by Crippen LogP contribution is 2.54. The molecule has 0 radical (unpaired) electrons. The van der Waals surface area contributed by atoms with Gasteiger partial charge in [-0.05, 0) is 41.4 Å². The molecule has 8 heteroatoms. The van der Waals surface area contributed by atoms with Crippen LogP contribution in [0.25, 0.3) is 0 Å². The van der Waals surface area contributed by atoms with Crippen LogP contribution in [0.4, 0.5) is 0 Å². The molecular formula is C28H33NO7. The van der Waals surface area contributed by atoms with Crippen LogP contribution >= 0.6 is 0 Å². The summed E-state index contributed by atoms with van der Waals surface area (Å²) in [5.41, 5.74) is 2.97. The first-order chi connectivity index (χ1) is 16.8. The average molecular weight is 496 g/mol. The summed E-state index contributed by atoms with van der Waals surface area (Å²) in [6.07, 6.45) is 1.80. The summed E-state index contributed by atoms with van der Waals surface area (Å²) >= 11 is 0. The van der Waals surface area contributed by atoms with Crippen molar-refractivity contribution >= 4 is 23.5 Å². The molecule has 192 valence electrons. The summed E-state index contributed by atoms with van der Waals surface area (Å²) in [7, 11) is 0. The predicted molar refractivity (Wildman–Crippen MR) is 131 cm³/mol. The minimum atomic E-state index is -1.08. The zero-order valence-electron chi connectivity index (χ0n) is 21.2. The second-order valence-electron chi connectivity index (χ2n) is 11.6. The highest BCUT2D eigenvalue weighted by molar-refractivity contribution is 6.06. The van der Waals surface area contributed by atoms with Crippen molar-refractivity contribution in [2.45, 2.75) is 65.7 Å². The molecule has 0 atom stereocenters. The van der Waals surface area contributed by atoms with Gasteiger partial charge in [0, 0.05) is 47.8 Å². The Labute approximate surface area is 210 Å². The van der Waals surface area contributed by atoms with Crippen molar-refractivity contribution in [1.82, 2.24) is 4.90 Å². The van der Waals surface area contributed by atoms with Crippen molar-refractivity contribution in [2.24, 2.45) is 10.8 Å². The second-order valence-corrected chi connectivity index (χ2v) is 11.6. The van der Waals surface area contributed by atoms with Crippen LogP contribution in [0.15, 0.2) is 46.8 Å². The van der Waals surface area contributed by atoms with Gasteiger partial charge >= 0.3 is 11.9 Å². The molecular weight excluding hydrogens is 462 g/mol. The fourth-order valence-electron chi connectivity index (χ4n) is 5.76. The molecule has 0 aromatic heterocycles. The van der Waals surface area contributed by atoms with Gasteiger partial charge in [-0.2, -0.15) is 0 Å². The Morgan fingerprint density at radius 2 is 1.36 bits per heavy atom. The zero-order chi connectivity index (χ0) is 26.4. The molecule has 0 saturated carbocycles. The minimum Gasteiger partial charge on any atom is -0.482 e. The van der Waals surface area contributed by atoms with Crippen LogP contribution in [0.3, 0.4) is 0 Å². The van der Waals surface area contributed by atoms with Crippen molar-refractivity contribution in [1.29, 1.82) is 0 Å². The standard InChI is InChI=1S/C28H33NO7/c1-27(2)11-18-25(20(30)13-27)24(16-5-7-17(8-6-16)36-15-23(34)35)26-19(29(18)10-9-22(32)33)12-28(3,4)14-21(26)31/h5-8,24H,9-15H2,1-4H3,(H,32,33)(H,34,35). The van der Waals surface area contributed by atoms with Crippen molar-refractivity contribution in [3.8, 4) is 5.75 Å². The highest BCUT2D eigenvalue weighted by atomic mass is 16.5. The number of hydrogen-bond donors (Lipinski definition) is 2. The largest absolute Gasteiger partial charge is 0.482 e. The van der Waals surface area contributed by atoms with E-state index in [4.69, 9.17) is 9.84 Å². The third kappa shape index (κ3) is 5.08. The third-order valence-electron chi connectivity index (χ3n) is 7.15. The second kappa shape index (κ2) is 9.22. The minimum absolute atomic E-state index is 0.0260. The third-order valence-corrected chi connectivity index (χ3v) is 7.15. The molecule has 2 aliphatic carbocycles. The lowest BCUT2D eigenvalue weighted by atomic mass is 9.63. The van der Waals surface area contributed by atoms with Gasteiger partial charge in [0.25, 0.3) is 0 Å². The molecule has 4 rings (SSSR count). The number of aliphatic carboxylic acids is 2. The Morgan fingerprint density at radius 3 is 1.81 bits per heavy atom. The van der Waals surface area contributed by atoms with E-state index < -0.39 is 24.5 Å². The zero-order valence-corrected chi connectivity index (χ0v) is 21.2. The quantitative estimate of drug-likeness (QED) is 0.574. The Morgan fingerprint density at radius 1 is 0.861 bits per heavy atom. The van der Waals surface area contributed by atoms with Crippen LogP contribution in [0.1, 0.15) is 71.3 Å². The topological polar surface area (TPSA) is 121 Å². The molecule has 36 heavy (non-hydrogen) atoms. The van der Waals surface area contributed by atoms with Crippen LogP contribution in [0, 0.1) is 10.8 Å². The van der Waals surface area contributed by atoms with E-state index in [1.807, 2.05) is 32.6 Å². The van der Waals surface area contributed by atoms with Crippen molar-refractivity contribution in [3.05, 3.63) is 52.4 Å². The molecule has 1 aromatic carbocycles. The molecule has 0 spiro atoms. The van der Waals surface area contributed by atoms with Crippen LogP contribution < -0.4 is 4.74 Å². The Hall–Kier alpha value is -3.42. The van der Waals surface area contributed by atoms with Gasteiger partial charge in [-0.1, -0.05) is 39.8 Å². The summed E-state index contributed by atoms with van der Waals surface area (Å²) in [6.45, 7) is 7.88. The number of benzene rings is 1. The molecule has 8 nitrogen and oxygen atoms in total. The number of allylic oxidation sites excluding steroid dienone is 4. The molecule has 3 aliphatic rings. The first kappa shape index (κ1) is 25.7. The van der Waals surface area contributed by atoms with Gasteiger partial charge in [0.2, 0.25) is 0 Å². The van der Waals surface area contributed by atoms with Gasteiger partial charge in [0.15, 0.2) is 18.2 Å². The van der Waals surface area contributed by atoms with Gasteiger partial charge in [-0.3, -0.25) is 14.4 Å². The number of carboxylic acids is 2. The summed E-state index contributed by atoms with van der Waals surface area (Å²) in [6, 6.07) is 6.88. The molecule has 0 saturated heterocycles. The van der Waals surface area contributed by atoms with E-state index in [0.717, 1.165) is 17.0 Å². The maximum atomic E-state index is 13.6. The van der Waals surface area contributed by atoms with E-state index in [1.54, 1.807) is 24.3 Å². The number of ketones is 2. The fraction of sp³-hybridized carbons (Fsp3) is 0.500. The molecule has 2 N–H and O–H groups in total. The smallest absolute Gasteiger partial charge is 0.341 e. The van der Waals surface area contributed by atoms with E-state index in [9.17, 15) is 24.3 Å². The lowest BCUT2D eigenvalue weighted by Gasteiger charge is -2.49. The number of carboxylic acid groups (broad SMARTS) is 2.